The zero-order valence-electron chi connectivity index (χ0n) is 15.8. The third kappa shape index (κ3) is 3.30. The minimum atomic E-state index is -4.32. The number of rotatable bonds is 3. The Bertz CT molecular complexity index is 699. The highest BCUT2D eigenvalue weighted by Gasteiger charge is 2.68. The third-order valence-corrected chi connectivity index (χ3v) is 7.07. The Morgan fingerprint density at radius 2 is 1.81 bits per heavy atom. The van der Waals surface area contributed by atoms with Crippen molar-refractivity contribution < 1.29 is 22.5 Å². The molecule has 1 unspecified atom stereocenters. The Labute approximate surface area is 164 Å². The van der Waals surface area contributed by atoms with Crippen LogP contribution >= 0.6 is 12.4 Å². The first kappa shape index (κ1) is 21.0. The molecular weight excluding hydrogens is 377 g/mol. The first-order valence-corrected chi connectivity index (χ1v) is 9.27. The van der Waals surface area contributed by atoms with E-state index in [4.69, 9.17) is 15.0 Å². The molecule has 0 amide bonds. The van der Waals surface area contributed by atoms with Crippen molar-refractivity contribution in [2.75, 3.05) is 0 Å². The van der Waals surface area contributed by atoms with E-state index in [1.165, 1.54) is 18.6 Å². The average molecular weight is 404 g/mol. The molecule has 1 heterocycles. The van der Waals surface area contributed by atoms with E-state index in [0.717, 1.165) is 24.1 Å². The van der Waals surface area contributed by atoms with Crippen molar-refractivity contribution in [1.82, 2.24) is 0 Å². The first-order chi connectivity index (χ1) is 12.0. The smallest absolute Gasteiger partial charge is 0.404 e. The van der Waals surface area contributed by atoms with Crippen molar-refractivity contribution in [2.45, 2.75) is 63.9 Å². The molecule has 5 rings (SSSR count). The maximum atomic E-state index is 12.7. The van der Waals surface area contributed by atoms with Gasteiger partial charge in [0, 0.05) is 5.94 Å². The van der Waals surface area contributed by atoms with Gasteiger partial charge in [0.25, 0.3) is 0 Å². The van der Waals surface area contributed by atoms with Gasteiger partial charge in [-0.2, -0.15) is 13.2 Å². The van der Waals surface area contributed by atoms with Crippen LogP contribution in [0.25, 0.3) is 0 Å². The summed E-state index contributed by atoms with van der Waals surface area (Å²) in [6.07, 6.45) is -1.68. The molecule has 4 aliphatic rings. The van der Waals surface area contributed by atoms with Gasteiger partial charge in [0.05, 0.1) is 17.3 Å². The Hall–Kier alpha value is -0.755. The fourth-order valence-electron chi connectivity index (χ4n) is 5.28. The van der Waals surface area contributed by atoms with Gasteiger partial charge in [-0.1, -0.05) is 26.0 Å². The Morgan fingerprint density at radius 3 is 2.37 bits per heavy atom. The maximum Gasteiger partial charge on any atom is 0.475 e. The number of hydrogen-bond acceptors (Lipinski definition) is 3. The van der Waals surface area contributed by atoms with Crippen molar-refractivity contribution >= 4 is 19.5 Å². The van der Waals surface area contributed by atoms with Gasteiger partial charge < -0.3 is 15.0 Å². The second-order valence-electron chi connectivity index (χ2n) is 8.90. The molecule has 4 fully saturated rings. The van der Waals surface area contributed by atoms with E-state index in [9.17, 15) is 13.2 Å². The molecule has 3 aliphatic carbocycles. The SMILES string of the molecule is CC1(C)[C@@H]2C[C@H]3OB(C(N)Cc4ccc(C(F)(F)F)cc4)O[C@@]3(C)[C@H]1C2.Cl. The molecule has 2 bridgehead atoms. The van der Waals surface area contributed by atoms with E-state index >= 15 is 0 Å². The van der Waals surface area contributed by atoms with Crippen LogP contribution in [-0.4, -0.2) is 24.8 Å². The van der Waals surface area contributed by atoms with Crippen LogP contribution in [0.15, 0.2) is 24.3 Å². The summed E-state index contributed by atoms with van der Waals surface area (Å²) < 4.78 is 50.5. The van der Waals surface area contributed by atoms with Gasteiger partial charge in [0.2, 0.25) is 0 Å². The first-order valence-electron chi connectivity index (χ1n) is 9.27. The summed E-state index contributed by atoms with van der Waals surface area (Å²) >= 11 is 0. The molecular formula is C19H26BClF3NO2. The van der Waals surface area contributed by atoms with E-state index in [0.29, 0.717) is 18.3 Å². The van der Waals surface area contributed by atoms with Crippen LogP contribution in [0.3, 0.4) is 0 Å². The normalized spacial score (nSPS) is 35.1. The Kier molecular flexibility index (Phi) is 5.16. The van der Waals surface area contributed by atoms with Crippen LogP contribution in [-0.2, 0) is 21.9 Å². The Morgan fingerprint density at radius 1 is 1.19 bits per heavy atom. The van der Waals surface area contributed by atoms with Crippen LogP contribution in [0.1, 0.15) is 44.7 Å². The third-order valence-electron chi connectivity index (χ3n) is 7.07. The number of benzene rings is 1. The molecule has 3 nitrogen and oxygen atoms in total. The molecule has 0 aromatic heterocycles. The number of halogens is 4. The van der Waals surface area contributed by atoms with Gasteiger partial charge in [0.1, 0.15) is 0 Å². The maximum absolute atomic E-state index is 12.7. The summed E-state index contributed by atoms with van der Waals surface area (Å²) in [4.78, 5) is 0. The minimum Gasteiger partial charge on any atom is -0.404 e. The minimum absolute atomic E-state index is 0. The second-order valence-corrected chi connectivity index (χ2v) is 8.90. The zero-order valence-corrected chi connectivity index (χ0v) is 16.6. The molecule has 0 spiro atoms. The monoisotopic (exact) mass is 403 g/mol. The number of nitrogens with two attached hydrogens (primary N) is 1. The van der Waals surface area contributed by atoms with E-state index in [1.54, 1.807) is 0 Å². The molecule has 8 heteroatoms. The molecule has 1 aliphatic heterocycles. The number of alkyl halides is 3. The highest BCUT2D eigenvalue weighted by atomic mass is 35.5. The lowest BCUT2D eigenvalue weighted by atomic mass is 9.43. The van der Waals surface area contributed by atoms with Gasteiger partial charge in [-0.25, -0.2) is 0 Å². The summed E-state index contributed by atoms with van der Waals surface area (Å²) in [7, 11) is -0.512. The van der Waals surface area contributed by atoms with Crippen molar-refractivity contribution in [1.29, 1.82) is 0 Å². The summed E-state index contributed by atoms with van der Waals surface area (Å²) in [5.41, 5.74) is 6.35. The van der Waals surface area contributed by atoms with Crippen molar-refractivity contribution in [3.8, 4) is 0 Å². The highest BCUT2D eigenvalue weighted by Crippen LogP contribution is 2.65. The predicted octanol–water partition coefficient (Wildman–Crippen LogP) is 4.26. The standard InChI is InChI=1S/C19H25BF3NO2.ClH/c1-17(2)13-9-14(17)18(3)15(10-13)25-20(26-18)16(24)8-11-4-6-12(7-5-11)19(21,22)23;/h4-7,13-16H,8-10,24H2,1-3H3;1H/t13-,14-,15+,16?,18-;/m0./s1. The molecule has 1 aromatic carbocycles. The van der Waals surface area contributed by atoms with Gasteiger partial charge in [-0.15, -0.1) is 12.4 Å². The molecule has 3 saturated carbocycles. The van der Waals surface area contributed by atoms with Gasteiger partial charge >= 0.3 is 13.3 Å². The Balaban J connectivity index is 0.00000210. The lowest BCUT2D eigenvalue weighted by molar-refractivity contribution is -0.199. The number of hydrogen-bond donors (Lipinski definition) is 1. The van der Waals surface area contributed by atoms with Crippen molar-refractivity contribution in [3.05, 3.63) is 35.4 Å². The fourth-order valence-corrected chi connectivity index (χ4v) is 5.28. The van der Waals surface area contributed by atoms with Crippen LogP contribution in [0.4, 0.5) is 13.2 Å². The van der Waals surface area contributed by atoms with Crippen LogP contribution in [0.5, 0.6) is 0 Å². The lowest BCUT2D eigenvalue weighted by Gasteiger charge is -2.64. The average Bonchev–Trinajstić information content (AvgIpc) is 2.91. The van der Waals surface area contributed by atoms with Crippen LogP contribution in [0.2, 0.25) is 0 Å². The van der Waals surface area contributed by atoms with E-state index in [1.807, 2.05) is 0 Å². The fraction of sp³-hybridized carbons (Fsp3) is 0.684. The van der Waals surface area contributed by atoms with Gasteiger partial charge in [-0.3, -0.25) is 0 Å². The zero-order chi connectivity index (χ0) is 18.9. The van der Waals surface area contributed by atoms with E-state index in [2.05, 4.69) is 20.8 Å². The molecule has 5 atom stereocenters. The molecule has 0 radical (unpaired) electrons. The second kappa shape index (κ2) is 6.65. The summed E-state index contributed by atoms with van der Waals surface area (Å²) in [5, 5.41) is 0. The van der Waals surface area contributed by atoms with Gasteiger partial charge in [-0.05, 0) is 61.1 Å². The molecule has 1 saturated heterocycles. The summed E-state index contributed by atoms with van der Waals surface area (Å²) in [6, 6.07) is 5.15. The highest BCUT2D eigenvalue weighted by molar-refractivity contribution is 6.47. The topological polar surface area (TPSA) is 44.5 Å². The van der Waals surface area contributed by atoms with Gasteiger partial charge in [0.15, 0.2) is 0 Å². The van der Waals surface area contributed by atoms with Crippen molar-refractivity contribution in [3.63, 3.8) is 0 Å². The summed E-state index contributed by atoms with van der Waals surface area (Å²) in [5.74, 6) is 0.718. The van der Waals surface area contributed by atoms with Crippen LogP contribution in [0, 0.1) is 17.3 Å². The van der Waals surface area contributed by atoms with Crippen LogP contribution < -0.4 is 5.73 Å². The molecule has 150 valence electrons. The van der Waals surface area contributed by atoms with Crippen molar-refractivity contribution in [2.24, 2.45) is 23.0 Å². The largest absolute Gasteiger partial charge is 0.475 e. The van der Waals surface area contributed by atoms with E-state index in [-0.39, 0.29) is 29.5 Å². The molecule has 1 aromatic rings. The summed E-state index contributed by atoms with van der Waals surface area (Å²) in [6.45, 7) is 6.72. The predicted molar refractivity (Wildman–Crippen MR) is 100 cm³/mol. The molecule has 2 N–H and O–H groups in total. The quantitative estimate of drug-likeness (QED) is 0.767. The van der Waals surface area contributed by atoms with E-state index < -0.39 is 24.8 Å². The lowest BCUT2D eigenvalue weighted by Crippen LogP contribution is -2.65. The molecule has 27 heavy (non-hydrogen) atoms.